The molecule has 0 N–H and O–H groups in total. The highest BCUT2D eigenvalue weighted by Crippen LogP contribution is 2.59. The molecule has 0 aliphatic carbocycles. The Labute approximate surface area is 107 Å². The number of benzene rings is 2. The molecular weight excluding hydrogens is 243 g/mol. The molecule has 0 amide bonds. The van der Waals surface area contributed by atoms with Crippen LogP contribution in [0.5, 0.6) is 0 Å². The van der Waals surface area contributed by atoms with Gasteiger partial charge in [0.1, 0.15) is 17.9 Å². The van der Waals surface area contributed by atoms with E-state index in [0.717, 1.165) is 0 Å². The third-order valence-corrected chi connectivity index (χ3v) is 7.29. The zero-order valence-corrected chi connectivity index (χ0v) is 10.8. The number of carbonyl (C=O) groups excluding carboxylic acids is 1. The van der Waals surface area contributed by atoms with Crippen LogP contribution in [0.3, 0.4) is 0 Å². The molecule has 3 rings (SSSR count). The average Bonchev–Trinajstić information content (AvgIpc) is 2.84. The van der Waals surface area contributed by atoms with Crippen molar-refractivity contribution in [2.24, 2.45) is 0 Å². The van der Waals surface area contributed by atoms with Gasteiger partial charge in [0, 0.05) is 0 Å². The van der Waals surface area contributed by atoms with Gasteiger partial charge in [-0.2, -0.15) is 0 Å². The molecule has 1 saturated heterocycles. The highest BCUT2D eigenvalue weighted by molar-refractivity contribution is 7.90. The molecule has 90 valence electrons. The van der Waals surface area contributed by atoms with Gasteiger partial charge in [0.2, 0.25) is 6.35 Å². The van der Waals surface area contributed by atoms with Crippen molar-refractivity contribution in [2.45, 2.75) is 0 Å². The Balaban J connectivity index is 2.14. The van der Waals surface area contributed by atoms with Crippen LogP contribution in [0.2, 0.25) is 0 Å². The number of ether oxygens (including phenoxy) is 1. The highest BCUT2D eigenvalue weighted by Gasteiger charge is 2.51. The molecule has 1 fully saturated rings. The SMILES string of the molecule is O=C1C[P+](c2ccccc2)(c2ccccc2)CO1. The van der Waals surface area contributed by atoms with E-state index in [9.17, 15) is 4.79 Å². The first-order valence-electron chi connectivity index (χ1n) is 5.95. The maximum Gasteiger partial charge on any atom is 0.347 e. The summed E-state index contributed by atoms with van der Waals surface area (Å²) in [7, 11) is -1.68. The second kappa shape index (κ2) is 4.55. The van der Waals surface area contributed by atoms with Crippen molar-refractivity contribution in [1.82, 2.24) is 0 Å². The van der Waals surface area contributed by atoms with E-state index in [-0.39, 0.29) is 5.97 Å². The first-order chi connectivity index (χ1) is 8.81. The lowest BCUT2D eigenvalue weighted by Gasteiger charge is -2.18. The van der Waals surface area contributed by atoms with E-state index in [2.05, 4.69) is 24.3 Å². The van der Waals surface area contributed by atoms with E-state index in [1.807, 2.05) is 36.4 Å². The molecule has 1 heterocycles. The van der Waals surface area contributed by atoms with Crippen LogP contribution in [-0.4, -0.2) is 18.5 Å². The van der Waals surface area contributed by atoms with Gasteiger partial charge in [0.15, 0.2) is 6.16 Å². The highest BCUT2D eigenvalue weighted by atomic mass is 31.2. The van der Waals surface area contributed by atoms with E-state index >= 15 is 0 Å². The van der Waals surface area contributed by atoms with Gasteiger partial charge in [-0.1, -0.05) is 36.4 Å². The van der Waals surface area contributed by atoms with Crippen molar-refractivity contribution in [1.29, 1.82) is 0 Å². The summed E-state index contributed by atoms with van der Waals surface area (Å²) in [6.07, 6.45) is 1.07. The van der Waals surface area contributed by atoms with E-state index in [4.69, 9.17) is 4.74 Å². The molecule has 2 aromatic carbocycles. The van der Waals surface area contributed by atoms with Gasteiger partial charge < -0.3 is 4.74 Å². The van der Waals surface area contributed by atoms with Crippen LogP contribution < -0.4 is 10.6 Å². The minimum absolute atomic E-state index is 0.0731. The number of carbonyl (C=O) groups is 1. The van der Waals surface area contributed by atoms with Gasteiger partial charge in [0.25, 0.3) is 0 Å². The third kappa shape index (κ3) is 1.83. The lowest BCUT2D eigenvalue weighted by molar-refractivity contribution is -0.136. The summed E-state index contributed by atoms with van der Waals surface area (Å²) in [5.41, 5.74) is 0. The van der Waals surface area contributed by atoms with Crippen molar-refractivity contribution in [3.05, 3.63) is 60.7 Å². The first-order valence-corrected chi connectivity index (χ1v) is 8.11. The molecule has 0 saturated carbocycles. The normalized spacial score (nSPS) is 17.4. The summed E-state index contributed by atoms with van der Waals surface area (Å²) in [6.45, 7) is 0. The van der Waals surface area contributed by atoms with Crippen molar-refractivity contribution in [3.8, 4) is 0 Å². The summed E-state index contributed by atoms with van der Waals surface area (Å²) in [5.74, 6) is -0.0731. The Morgan fingerprint density at radius 3 is 1.72 bits per heavy atom. The quantitative estimate of drug-likeness (QED) is 0.609. The third-order valence-electron chi connectivity index (χ3n) is 3.35. The number of cyclic esters (lactones) is 1. The second-order valence-corrected chi connectivity index (χ2v) is 7.99. The van der Waals surface area contributed by atoms with Crippen LogP contribution in [0.1, 0.15) is 0 Å². The maximum atomic E-state index is 11.6. The van der Waals surface area contributed by atoms with Crippen LogP contribution in [0.25, 0.3) is 0 Å². The largest absolute Gasteiger partial charge is 0.426 e. The predicted octanol–water partition coefficient (Wildman–Crippen LogP) is 2.17. The fraction of sp³-hybridized carbons (Fsp3) is 0.133. The lowest BCUT2D eigenvalue weighted by atomic mass is 10.4. The van der Waals surface area contributed by atoms with Gasteiger partial charge in [0.05, 0.1) is 0 Å². The van der Waals surface area contributed by atoms with E-state index in [1.54, 1.807) is 0 Å². The van der Waals surface area contributed by atoms with Gasteiger partial charge in [-0.05, 0) is 24.3 Å². The molecule has 0 radical (unpaired) electrons. The minimum Gasteiger partial charge on any atom is -0.426 e. The Hall–Kier alpha value is -1.66. The summed E-state index contributed by atoms with van der Waals surface area (Å²) < 4.78 is 5.29. The van der Waals surface area contributed by atoms with Gasteiger partial charge in [-0.25, -0.2) is 4.79 Å². The smallest absolute Gasteiger partial charge is 0.347 e. The van der Waals surface area contributed by atoms with Crippen LogP contribution in [0.4, 0.5) is 0 Å². The summed E-state index contributed by atoms with van der Waals surface area (Å²) in [6, 6.07) is 20.6. The van der Waals surface area contributed by atoms with Crippen molar-refractivity contribution in [3.63, 3.8) is 0 Å². The minimum atomic E-state index is -1.68. The van der Waals surface area contributed by atoms with Gasteiger partial charge in [-0.3, -0.25) is 0 Å². The number of hydrogen-bond donors (Lipinski definition) is 0. The lowest BCUT2D eigenvalue weighted by Crippen LogP contribution is -2.24. The Kier molecular flexibility index (Phi) is 2.89. The molecule has 0 unspecified atom stereocenters. The monoisotopic (exact) mass is 257 g/mol. The zero-order chi connectivity index (χ0) is 12.4. The predicted molar refractivity (Wildman–Crippen MR) is 74.9 cm³/mol. The van der Waals surface area contributed by atoms with Crippen LogP contribution >= 0.6 is 7.26 Å². The first kappa shape index (κ1) is 11.4. The average molecular weight is 257 g/mol. The molecule has 18 heavy (non-hydrogen) atoms. The molecule has 2 nitrogen and oxygen atoms in total. The summed E-state index contributed by atoms with van der Waals surface area (Å²) >= 11 is 0. The Bertz CT molecular complexity index is 512. The molecular formula is C15H14O2P+. The zero-order valence-electron chi connectivity index (χ0n) is 9.95. The van der Waals surface area contributed by atoms with E-state index < -0.39 is 7.26 Å². The van der Waals surface area contributed by atoms with E-state index in [1.165, 1.54) is 10.6 Å². The van der Waals surface area contributed by atoms with Crippen LogP contribution in [0.15, 0.2) is 60.7 Å². The molecule has 0 bridgehead atoms. The molecule has 0 spiro atoms. The molecule has 1 aliphatic rings. The number of rotatable bonds is 2. The topological polar surface area (TPSA) is 26.3 Å². The number of esters is 1. The van der Waals surface area contributed by atoms with E-state index in [0.29, 0.717) is 12.5 Å². The van der Waals surface area contributed by atoms with Crippen molar-refractivity contribution in [2.75, 3.05) is 12.5 Å². The van der Waals surface area contributed by atoms with Crippen LogP contribution in [-0.2, 0) is 9.53 Å². The summed E-state index contributed by atoms with van der Waals surface area (Å²) in [5, 5.41) is 2.50. The van der Waals surface area contributed by atoms with Crippen LogP contribution in [0, 0.1) is 0 Å². The Morgan fingerprint density at radius 1 is 0.833 bits per heavy atom. The fourth-order valence-corrected chi connectivity index (χ4v) is 5.84. The molecule has 0 atom stereocenters. The second-order valence-electron chi connectivity index (χ2n) is 4.44. The van der Waals surface area contributed by atoms with Gasteiger partial charge in [-0.15, -0.1) is 0 Å². The summed E-state index contributed by atoms with van der Waals surface area (Å²) in [4.78, 5) is 11.6. The van der Waals surface area contributed by atoms with Gasteiger partial charge >= 0.3 is 5.97 Å². The molecule has 1 aliphatic heterocycles. The number of hydrogen-bond acceptors (Lipinski definition) is 2. The maximum absolute atomic E-state index is 11.6. The standard InChI is InChI=1S/C15H14O2P/c16-15-11-18(12-17-15,13-7-3-1-4-8-13)14-9-5-2-6-10-14/h1-10H,11-12H2/q+1. The molecule has 0 aromatic heterocycles. The Morgan fingerprint density at radius 2 is 1.33 bits per heavy atom. The fourth-order valence-electron chi connectivity index (χ4n) is 2.40. The molecule has 3 heteroatoms. The van der Waals surface area contributed by atoms with Crippen molar-refractivity contribution >= 4 is 23.8 Å². The molecule has 2 aromatic rings. The van der Waals surface area contributed by atoms with Crippen molar-refractivity contribution < 1.29 is 9.53 Å².